The van der Waals surface area contributed by atoms with Crippen LogP contribution in [0.15, 0.2) is 36.7 Å². The van der Waals surface area contributed by atoms with Crippen LogP contribution in [0, 0.1) is 0 Å². The Balaban J connectivity index is 2.31. The molecule has 4 nitrogen and oxygen atoms in total. The molecule has 1 atom stereocenters. The smallest absolute Gasteiger partial charge is 0.310 e. The number of hydrogen-bond acceptors (Lipinski definition) is 2. The Kier molecular flexibility index (Phi) is 2.95. The van der Waals surface area contributed by atoms with E-state index < -0.39 is 11.9 Å². The molecule has 0 aliphatic carbocycles. The first-order valence-electron chi connectivity index (χ1n) is 5.40. The lowest BCUT2D eigenvalue weighted by Gasteiger charge is -2.07. The Morgan fingerprint density at radius 3 is 2.47 bits per heavy atom. The predicted molar refractivity (Wildman–Crippen MR) is 64.7 cm³/mol. The van der Waals surface area contributed by atoms with Crippen LogP contribution in [-0.2, 0) is 11.8 Å². The van der Waals surface area contributed by atoms with Gasteiger partial charge in [0.25, 0.3) is 0 Å². The summed E-state index contributed by atoms with van der Waals surface area (Å²) in [6.07, 6.45) is 3.62. The minimum absolute atomic E-state index is 0.481. The van der Waals surface area contributed by atoms with Crippen LogP contribution >= 0.6 is 0 Å². The summed E-state index contributed by atoms with van der Waals surface area (Å²) in [5, 5.41) is 8.92. The summed E-state index contributed by atoms with van der Waals surface area (Å²) < 4.78 is 1.93. The highest BCUT2D eigenvalue weighted by Crippen LogP contribution is 2.21. The van der Waals surface area contributed by atoms with Crippen molar-refractivity contribution in [3.8, 4) is 11.4 Å². The second kappa shape index (κ2) is 4.41. The molecule has 2 rings (SSSR count). The minimum Gasteiger partial charge on any atom is -0.481 e. The van der Waals surface area contributed by atoms with Gasteiger partial charge in [-0.05, 0) is 12.5 Å². The zero-order chi connectivity index (χ0) is 12.4. The van der Waals surface area contributed by atoms with Gasteiger partial charge < -0.3 is 9.67 Å². The molecular weight excluding hydrogens is 216 g/mol. The number of aryl methyl sites for hydroxylation is 1. The molecule has 1 aromatic carbocycles. The van der Waals surface area contributed by atoms with Crippen LogP contribution in [0.2, 0.25) is 0 Å². The monoisotopic (exact) mass is 230 g/mol. The van der Waals surface area contributed by atoms with E-state index in [1.807, 2.05) is 42.1 Å². The third-order valence-corrected chi connectivity index (χ3v) is 2.86. The van der Waals surface area contributed by atoms with E-state index in [4.69, 9.17) is 5.11 Å². The van der Waals surface area contributed by atoms with Crippen molar-refractivity contribution >= 4 is 5.97 Å². The molecule has 0 saturated heterocycles. The highest BCUT2D eigenvalue weighted by molar-refractivity contribution is 5.75. The number of hydrogen-bond donors (Lipinski definition) is 1. The highest BCUT2D eigenvalue weighted by atomic mass is 16.4. The molecule has 0 aliphatic rings. The number of nitrogens with zero attached hydrogens (tertiary/aromatic N) is 2. The van der Waals surface area contributed by atoms with E-state index in [1.54, 1.807) is 13.1 Å². The van der Waals surface area contributed by atoms with E-state index >= 15 is 0 Å². The molecule has 17 heavy (non-hydrogen) atoms. The Morgan fingerprint density at radius 2 is 2.00 bits per heavy atom. The van der Waals surface area contributed by atoms with Crippen LogP contribution in [0.3, 0.4) is 0 Å². The molecule has 0 aliphatic heterocycles. The van der Waals surface area contributed by atoms with Crippen molar-refractivity contribution in [2.45, 2.75) is 12.8 Å². The normalized spacial score (nSPS) is 12.4. The molecule has 1 N–H and O–H groups in total. The van der Waals surface area contributed by atoms with Crippen molar-refractivity contribution in [2.75, 3.05) is 0 Å². The molecule has 0 bridgehead atoms. The highest BCUT2D eigenvalue weighted by Gasteiger charge is 2.13. The fraction of sp³-hybridized carbons (Fsp3) is 0.231. The Morgan fingerprint density at radius 1 is 1.35 bits per heavy atom. The van der Waals surface area contributed by atoms with Crippen LogP contribution in [0.25, 0.3) is 11.4 Å². The first kappa shape index (κ1) is 11.4. The van der Waals surface area contributed by atoms with Gasteiger partial charge in [-0.15, -0.1) is 0 Å². The molecule has 0 saturated carbocycles. The number of carbonyl (C=O) groups is 1. The van der Waals surface area contributed by atoms with Crippen LogP contribution in [0.4, 0.5) is 0 Å². The number of aromatic nitrogens is 2. The third-order valence-electron chi connectivity index (χ3n) is 2.86. The average Bonchev–Trinajstić information content (AvgIpc) is 2.74. The van der Waals surface area contributed by atoms with Gasteiger partial charge in [0.1, 0.15) is 5.82 Å². The van der Waals surface area contributed by atoms with Crippen molar-refractivity contribution in [2.24, 2.45) is 7.05 Å². The predicted octanol–water partition coefficient (Wildman–Crippen LogP) is 2.28. The van der Waals surface area contributed by atoms with Gasteiger partial charge in [-0.3, -0.25) is 4.79 Å². The van der Waals surface area contributed by atoms with Crippen molar-refractivity contribution < 1.29 is 9.90 Å². The molecule has 2 aromatic rings. The minimum atomic E-state index is -0.810. The Bertz CT molecular complexity index is 529. The number of aliphatic carboxylic acids is 1. The maximum Gasteiger partial charge on any atom is 0.310 e. The lowest BCUT2D eigenvalue weighted by molar-refractivity contribution is -0.138. The number of imidazole rings is 1. The largest absolute Gasteiger partial charge is 0.481 e. The van der Waals surface area contributed by atoms with E-state index in [1.165, 1.54) is 0 Å². The van der Waals surface area contributed by atoms with Crippen LogP contribution in [0.1, 0.15) is 18.4 Å². The van der Waals surface area contributed by atoms with Crippen LogP contribution in [-0.4, -0.2) is 20.6 Å². The second-order valence-corrected chi connectivity index (χ2v) is 4.04. The quantitative estimate of drug-likeness (QED) is 0.880. The molecule has 1 aromatic heterocycles. The van der Waals surface area contributed by atoms with Crippen LogP contribution in [0.5, 0.6) is 0 Å². The molecule has 0 radical (unpaired) electrons. The number of benzene rings is 1. The first-order chi connectivity index (χ1) is 8.09. The van der Waals surface area contributed by atoms with Crippen molar-refractivity contribution in [1.29, 1.82) is 0 Å². The molecule has 0 amide bonds. The standard InChI is InChI=1S/C13H14N2O2/c1-9(13(16)17)10-3-5-11(6-4-10)12-14-7-8-15(12)2/h3-9H,1-2H3,(H,16,17). The number of carboxylic acids is 1. The topological polar surface area (TPSA) is 55.1 Å². The summed E-state index contributed by atoms with van der Waals surface area (Å²) in [4.78, 5) is 15.1. The van der Waals surface area contributed by atoms with Crippen molar-refractivity contribution in [3.05, 3.63) is 42.2 Å². The van der Waals surface area contributed by atoms with Gasteiger partial charge in [0, 0.05) is 25.0 Å². The third kappa shape index (κ3) is 2.20. The molecule has 0 spiro atoms. The average molecular weight is 230 g/mol. The zero-order valence-electron chi connectivity index (χ0n) is 9.79. The SMILES string of the molecule is CC(C(=O)O)c1ccc(-c2nccn2C)cc1. The van der Waals surface area contributed by atoms with E-state index in [0.29, 0.717) is 0 Å². The van der Waals surface area contributed by atoms with E-state index in [9.17, 15) is 4.79 Å². The summed E-state index contributed by atoms with van der Waals surface area (Å²) in [6, 6.07) is 7.47. The fourth-order valence-corrected chi connectivity index (χ4v) is 1.71. The maximum atomic E-state index is 10.9. The fourth-order valence-electron chi connectivity index (χ4n) is 1.71. The summed E-state index contributed by atoms with van der Waals surface area (Å²) >= 11 is 0. The van der Waals surface area contributed by atoms with E-state index in [0.717, 1.165) is 17.0 Å². The molecule has 88 valence electrons. The Labute approximate surface area is 99.5 Å². The summed E-state index contributed by atoms with van der Waals surface area (Å²) in [6.45, 7) is 1.68. The second-order valence-electron chi connectivity index (χ2n) is 4.04. The number of carboxylic acid groups (broad SMARTS) is 1. The van der Waals surface area contributed by atoms with Gasteiger partial charge >= 0.3 is 5.97 Å². The lowest BCUT2D eigenvalue weighted by atomic mass is 10.00. The zero-order valence-corrected chi connectivity index (χ0v) is 9.79. The lowest BCUT2D eigenvalue weighted by Crippen LogP contribution is -2.07. The molecular formula is C13H14N2O2. The Hall–Kier alpha value is -2.10. The van der Waals surface area contributed by atoms with Gasteiger partial charge in [0.2, 0.25) is 0 Å². The van der Waals surface area contributed by atoms with E-state index in [2.05, 4.69) is 4.98 Å². The summed E-state index contributed by atoms with van der Waals surface area (Å²) in [5.74, 6) is -0.417. The van der Waals surface area contributed by atoms with Gasteiger partial charge in [-0.25, -0.2) is 4.98 Å². The van der Waals surface area contributed by atoms with Gasteiger partial charge in [-0.1, -0.05) is 24.3 Å². The van der Waals surface area contributed by atoms with Crippen LogP contribution < -0.4 is 0 Å². The van der Waals surface area contributed by atoms with Gasteiger partial charge in [0.05, 0.1) is 5.92 Å². The van der Waals surface area contributed by atoms with E-state index in [-0.39, 0.29) is 0 Å². The summed E-state index contributed by atoms with van der Waals surface area (Å²) in [5.41, 5.74) is 1.79. The molecule has 1 heterocycles. The van der Waals surface area contributed by atoms with Crippen molar-refractivity contribution in [3.63, 3.8) is 0 Å². The molecule has 1 unspecified atom stereocenters. The van der Waals surface area contributed by atoms with Crippen molar-refractivity contribution in [1.82, 2.24) is 9.55 Å². The van der Waals surface area contributed by atoms with Gasteiger partial charge in [-0.2, -0.15) is 0 Å². The first-order valence-corrected chi connectivity index (χ1v) is 5.40. The van der Waals surface area contributed by atoms with Gasteiger partial charge in [0.15, 0.2) is 0 Å². The number of rotatable bonds is 3. The summed E-state index contributed by atoms with van der Waals surface area (Å²) in [7, 11) is 1.93. The molecule has 4 heteroatoms. The maximum absolute atomic E-state index is 10.9. The molecule has 0 fully saturated rings.